The number of nitrogens with one attached hydrogen (secondary N) is 1. The van der Waals surface area contributed by atoms with Crippen LogP contribution in [0.5, 0.6) is 0 Å². The Morgan fingerprint density at radius 3 is 2.50 bits per heavy atom. The molecule has 12 heavy (non-hydrogen) atoms. The highest BCUT2D eigenvalue weighted by molar-refractivity contribution is 7.57. The second-order valence-electron chi connectivity index (χ2n) is 2.76. The van der Waals surface area contributed by atoms with E-state index in [-0.39, 0.29) is 11.9 Å². The number of carbonyl (C=O) groups excluding carboxylic acids is 1. The Kier molecular flexibility index (Phi) is 2.53. The van der Waals surface area contributed by atoms with Gasteiger partial charge in [0, 0.05) is 6.54 Å². The molecule has 5 N–H and O–H groups in total. The molecule has 1 fully saturated rings. The topological polar surface area (TPSA) is 101 Å². The van der Waals surface area contributed by atoms with E-state index in [1.807, 2.05) is 0 Å². The monoisotopic (exact) mass is 192 g/mol. The lowest BCUT2D eigenvalue weighted by Crippen LogP contribution is -2.37. The van der Waals surface area contributed by atoms with Gasteiger partial charge in [0.2, 0.25) is 5.91 Å². The third kappa shape index (κ3) is 1.67. The van der Waals surface area contributed by atoms with Crippen LogP contribution < -0.4 is 16.3 Å². The van der Waals surface area contributed by atoms with Crippen molar-refractivity contribution in [3.05, 3.63) is 0 Å². The second-order valence-corrected chi connectivity index (χ2v) is 4.59. The highest BCUT2D eigenvalue weighted by Crippen LogP contribution is 2.35. The molecule has 1 unspecified atom stereocenters. The largest absolute Gasteiger partial charge is 0.309 e. The first kappa shape index (κ1) is 9.67. The van der Waals surface area contributed by atoms with Crippen molar-refractivity contribution in [1.29, 1.82) is 0 Å². The first-order chi connectivity index (χ1) is 5.46. The molecule has 0 aromatic heterocycles. The molecular weight excluding hydrogens is 179 g/mol. The quantitative estimate of drug-likeness (QED) is 0.478. The highest BCUT2D eigenvalue weighted by atomic mass is 31.2. The van der Waals surface area contributed by atoms with Crippen LogP contribution in [0.1, 0.15) is 6.42 Å². The molecule has 7 heteroatoms. The van der Waals surface area contributed by atoms with Gasteiger partial charge in [0.05, 0.1) is 6.04 Å². The van der Waals surface area contributed by atoms with Crippen LogP contribution >= 0.6 is 7.59 Å². The van der Waals surface area contributed by atoms with E-state index in [0.717, 1.165) is 4.67 Å². The summed E-state index contributed by atoms with van der Waals surface area (Å²) in [5.74, 6) is -0.272. The highest BCUT2D eigenvalue weighted by Gasteiger charge is 2.37. The summed E-state index contributed by atoms with van der Waals surface area (Å²) in [6.07, 6.45) is 0.605. The van der Waals surface area contributed by atoms with Gasteiger partial charge in [-0.1, -0.05) is 0 Å². The van der Waals surface area contributed by atoms with Crippen LogP contribution in [0.2, 0.25) is 0 Å². The van der Waals surface area contributed by atoms with Gasteiger partial charge in [-0.25, -0.2) is 0 Å². The van der Waals surface area contributed by atoms with Crippen LogP contribution in [0.4, 0.5) is 0 Å². The summed E-state index contributed by atoms with van der Waals surface area (Å²) >= 11 is 0. The third-order valence-electron chi connectivity index (χ3n) is 1.91. The molecule has 0 spiro atoms. The number of carbonyl (C=O) groups is 1. The van der Waals surface area contributed by atoms with Gasteiger partial charge in [-0.05, 0) is 13.5 Å². The second kappa shape index (κ2) is 3.14. The third-order valence-corrected chi connectivity index (χ3v) is 3.06. The first-order valence-electron chi connectivity index (χ1n) is 3.63. The Morgan fingerprint density at radius 2 is 2.25 bits per heavy atom. The molecule has 1 atom stereocenters. The molecule has 1 aliphatic heterocycles. The SMILES string of the molecule is CNC1CCN(P(N)(N)=O)C1=O. The summed E-state index contributed by atoms with van der Waals surface area (Å²) in [7, 11) is -1.71. The molecule has 1 heterocycles. The zero-order valence-electron chi connectivity index (χ0n) is 6.86. The number of nitrogens with two attached hydrogens (primary N) is 2. The average molecular weight is 192 g/mol. The van der Waals surface area contributed by atoms with E-state index in [9.17, 15) is 9.36 Å². The molecule has 0 aromatic rings. The molecule has 0 aromatic carbocycles. The van der Waals surface area contributed by atoms with Gasteiger partial charge in [-0.3, -0.25) is 25.0 Å². The van der Waals surface area contributed by atoms with Gasteiger partial charge in [0.15, 0.2) is 0 Å². The number of nitrogens with zero attached hydrogens (tertiary/aromatic N) is 1. The van der Waals surface area contributed by atoms with E-state index in [0.29, 0.717) is 13.0 Å². The summed E-state index contributed by atoms with van der Waals surface area (Å²) in [4.78, 5) is 11.3. The Balaban J connectivity index is 2.74. The van der Waals surface area contributed by atoms with Gasteiger partial charge in [0.1, 0.15) is 0 Å². The van der Waals surface area contributed by atoms with Crippen LogP contribution in [0.15, 0.2) is 0 Å². The van der Waals surface area contributed by atoms with Crippen molar-refractivity contribution in [2.24, 2.45) is 11.0 Å². The lowest BCUT2D eigenvalue weighted by molar-refractivity contribution is -0.125. The molecular formula is C5H13N4O2P. The number of rotatable bonds is 2. The fourth-order valence-electron chi connectivity index (χ4n) is 1.24. The number of hydrogen-bond donors (Lipinski definition) is 3. The Hall–Kier alpha value is -0.420. The lowest BCUT2D eigenvalue weighted by Gasteiger charge is -2.19. The van der Waals surface area contributed by atoms with Crippen LogP contribution in [-0.4, -0.2) is 30.2 Å². The van der Waals surface area contributed by atoms with Crippen molar-refractivity contribution < 1.29 is 9.36 Å². The van der Waals surface area contributed by atoms with Crippen molar-refractivity contribution in [1.82, 2.24) is 9.99 Å². The summed E-state index contributed by atoms with van der Waals surface area (Å²) < 4.78 is 12.2. The molecule has 0 aliphatic carbocycles. The summed E-state index contributed by atoms with van der Waals surface area (Å²) in [6.45, 7) is 0.370. The maximum Gasteiger partial charge on any atom is 0.302 e. The van der Waals surface area contributed by atoms with E-state index in [1.165, 1.54) is 0 Å². The average Bonchev–Trinajstić information content (AvgIpc) is 2.29. The zero-order valence-corrected chi connectivity index (χ0v) is 7.75. The molecule has 0 saturated carbocycles. The van der Waals surface area contributed by atoms with Crippen molar-refractivity contribution in [2.75, 3.05) is 13.6 Å². The minimum atomic E-state index is -3.38. The predicted molar refractivity (Wildman–Crippen MR) is 45.2 cm³/mol. The molecule has 1 saturated heterocycles. The van der Waals surface area contributed by atoms with Crippen LogP contribution in [-0.2, 0) is 9.36 Å². The Bertz CT molecular complexity index is 238. The van der Waals surface area contributed by atoms with Crippen molar-refractivity contribution in [2.45, 2.75) is 12.5 Å². The van der Waals surface area contributed by atoms with E-state index < -0.39 is 7.59 Å². The molecule has 1 amide bonds. The van der Waals surface area contributed by atoms with E-state index >= 15 is 0 Å². The normalized spacial score (nSPS) is 25.1. The minimum absolute atomic E-state index is 0.272. The Labute approximate surface area is 70.8 Å². The predicted octanol–water partition coefficient (Wildman–Crippen LogP) is -1.17. The van der Waals surface area contributed by atoms with Crippen molar-refractivity contribution in [3.8, 4) is 0 Å². The summed E-state index contributed by atoms with van der Waals surface area (Å²) in [6, 6.07) is -0.287. The van der Waals surface area contributed by atoms with Crippen LogP contribution in [0.3, 0.4) is 0 Å². The molecule has 0 radical (unpaired) electrons. The maximum atomic E-state index is 11.3. The first-order valence-corrected chi connectivity index (χ1v) is 5.43. The van der Waals surface area contributed by atoms with Gasteiger partial charge in [-0.15, -0.1) is 0 Å². The maximum absolute atomic E-state index is 11.3. The minimum Gasteiger partial charge on any atom is -0.309 e. The molecule has 6 nitrogen and oxygen atoms in total. The van der Waals surface area contributed by atoms with Gasteiger partial charge < -0.3 is 5.32 Å². The summed E-state index contributed by atoms with van der Waals surface area (Å²) in [5, 5.41) is 2.79. The fourth-order valence-corrected chi connectivity index (χ4v) is 2.12. The fraction of sp³-hybridized carbons (Fsp3) is 0.800. The number of hydrogen-bond acceptors (Lipinski definition) is 3. The number of amides is 1. The van der Waals surface area contributed by atoms with Gasteiger partial charge in [-0.2, -0.15) is 0 Å². The Morgan fingerprint density at radius 1 is 1.67 bits per heavy atom. The molecule has 0 bridgehead atoms. The zero-order chi connectivity index (χ0) is 9.35. The molecule has 1 aliphatic rings. The van der Waals surface area contributed by atoms with E-state index in [2.05, 4.69) is 5.32 Å². The van der Waals surface area contributed by atoms with Gasteiger partial charge in [0.25, 0.3) is 0 Å². The molecule has 1 rings (SSSR count). The van der Waals surface area contributed by atoms with E-state index in [1.54, 1.807) is 7.05 Å². The van der Waals surface area contributed by atoms with Crippen molar-refractivity contribution in [3.63, 3.8) is 0 Å². The van der Waals surface area contributed by atoms with E-state index in [4.69, 9.17) is 11.0 Å². The lowest BCUT2D eigenvalue weighted by atomic mass is 10.3. The van der Waals surface area contributed by atoms with Gasteiger partial charge >= 0.3 is 7.59 Å². The number of likely N-dealkylation sites (N-methyl/N-ethyl adjacent to an activating group) is 1. The van der Waals surface area contributed by atoms with Crippen molar-refractivity contribution >= 4 is 13.5 Å². The molecule has 70 valence electrons. The van der Waals surface area contributed by atoms with Crippen LogP contribution in [0, 0.1) is 0 Å². The summed E-state index contributed by atoms with van der Waals surface area (Å²) in [5.41, 5.74) is 10.3. The smallest absolute Gasteiger partial charge is 0.302 e. The van der Waals surface area contributed by atoms with Crippen LogP contribution in [0.25, 0.3) is 0 Å². The standard InChI is InChI=1S/C5H13N4O2P/c1-8-4-2-3-9(5(4)10)12(6,7)11/h4,8H,2-3H2,1H3,(H4,6,7,11).